The normalized spacial score (nSPS) is 10.6. The molecule has 108 valence electrons. The Bertz CT molecular complexity index is 648. The molecule has 1 amide bonds. The van der Waals surface area contributed by atoms with Gasteiger partial charge in [-0.1, -0.05) is 35.3 Å². The standard InChI is InChI=1S/C14H11Cl2N3O2/c15-11-4-1-5-12(14(11)16)21-9-13(20)19-18-8-10-3-2-6-17-7-10/h1-8H,9H2,(H,19,20)/b18-8+. The maximum Gasteiger partial charge on any atom is 0.277 e. The van der Waals surface area contributed by atoms with Crippen molar-refractivity contribution >= 4 is 35.3 Å². The van der Waals surface area contributed by atoms with Crippen LogP contribution in [0, 0.1) is 0 Å². The van der Waals surface area contributed by atoms with E-state index in [1.807, 2.05) is 6.07 Å². The van der Waals surface area contributed by atoms with E-state index in [4.69, 9.17) is 27.9 Å². The number of carbonyl (C=O) groups excluding carboxylic acids is 1. The van der Waals surface area contributed by atoms with Crippen molar-refractivity contribution in [2.24, 2.45) is 5.10 Å². The Kier molecular flexibility index (Phi) is 5.54. The quantitative estimate of drug-likeness (QED) is 0.679. The first-order valence-electron chi connectivity index (χ1n) is 5.95. The summed E-state index contributed by atoms with van der Waals surface area (Å²) in [7, 11) is 0. The topological polar surface area (TPSA) is 63.6 Å². The minimum absolute atomic E-state index is 0.218. The van der Waals surface area contributed by atoms with E-state index in [1.165, 1.54) is 6.21 Å². The molecule has 0 aliphatic heterocycles. The van der Waals surface area contributed by atoms with Crippen LogP contribution in [-0.4, -0.2) is 23.7 Å². The van der Waals surface area contributed by atoms with Gasteiger partial charge in [-0.3, -0.25) is 9.78 Å². The minimum atomic E-state index is -0.411. The first-order chi connectivity index (χ1) is 10.2. The molecule has 0 saturated carbocycles. The second-order valence-corrected chi connectivity index (χ2v) is 4.71. The molecule has 21 heavy (non-hydrogen) atoms. The molecule has 2 aromatic rings. The number of ether oxygens (including phenoxy) is 1. The first-order valence-corrected chi connectivity index (χ1v) is 6.71. The van der Waals surface area contributed by atoms with Crippen molar-refractivity contribution in [1.29, 1.82) is 0 Å². The predicted octanol–water partition coefficient (Wildman–Crippen LogP) is 2.92. The smallest absolute Gasteiger partial charge is 0.277 e. The van der Waals surface area contributed by atoms with Crippen molar-refractivity contribution in [3.8, 4) is 5.75 Å². The molecule has 1 aromatic carbocycles. The Morgan fingerprint density at radius 1 is 1.33 bits per heavy atom. The van der Waals surface area contributed by atoms with Gasteiger partial charge in [0.15, 0.2) is 6.61 Å². The molecule has 0 radical (unpaired) electrons. The van der Waals surface area contributed by atoms with E-state index in [9.17, 15) is 4.79 Å². The van der Waals surface area contributed by atoms with Crippen LogP contribution in [-0.2, 0) is 4.79 Å². The summed E-state index contributed by atoms with van der Waals surface area (Å²) in [6.45, 7) is -0.218. The maximum absolute atomic E-state index is 11.6. The maximum atomic E-state index is 11.6. The molecule has 7 heteroatoms. The summed E-state index contributed by atoms with van der Waals surface area (Å²) in [6, 6.07) is 8.52. The lowest BCUT2D eigenvalue weighted by atomic mass is 10.3. The van der Waals surface area contributed by atoms with Crippen LogP contribution in [0.4, 0.5) is 0 Å². The minimum Gasteiger partial charge on any atom is -0.482 e. The molecule has 0 saturated heterocycles. The second kappa shape index (κ2) is 7.61. The number of pyridine rings is 1. The number of hydrazone groups is 1. The molecule has 1 heterocycles. The van der Waals surface area contributed by atoms with E-state index in [-0.39, 0.29) is 11.6 Å². The summed E-state index contributed by atoms with van der Waals surface area (Å²) in [5.74, 6) is -0.0678. The zero-order valence-corrected chi connectivity index (χ0v) is 12.3. The van der Waals surface area contributed by atoms with Crippen molar-refractivity contribution in [1.82, 2.24) is 10.4 Å². The van der Waals surface area contributed by atoms with Crippen LogP contribution in [0.25, 0.3) is 0 Å². The van der Waals surface area contributed by atoms with Crippen molar-refractivity contribution in [3.05, 3.63) is 58.3 Å². The summed E-state index contributed by atoms with van der Waals surface area (Å²) in [5, 5.41) is 4.42. The van der Waals surface area contributed by atoms with E-state index in [0.29, 0.717) is 10.8 Å². The Morgan fingerprint density at radius 3 is 2.95 bits per heavy atom. The summed E-state index contributed by atoms with van der Waals surface area (Å²) in [4.78, 5) is 15.5. The molecule has 2 rings (SSSR count). The lowest BCUT2D eigenvalue weighted by molar-refractivity contribution is -0.123. The molecule has 0 aliphatic carbocycles. The van der Waals surface area contributed by atoms with Crippen molar-refractivity contribution in [2.45, 2.75) is 0 Å². The third-order valence-corrected chi connectivity index (χ3v) is 3.16. The van der Waals surface area contributed by atoms with Crippen LogP contribution in [0.3, 0.4) is 0 Å². The molecule has 0 aliphatic rings. The highest BCUT2D eigenvalue weighted by molar-refractivity contribution is 6.42. The Balaban J connectivity index is 1.83. The number of carbonyl (C=O) groups is 1. The molecule has 0 spiro atoms. The van der Waals surface area contributed by atoms with Gasteiger partial charge in [0.1, 0.15) is 10.8 Å². The van der Waals surface area contributed by atoms with Crippen LogP contribution in [0.1, 0.15) is 5.56 Å². The van der Waals surface area contributed by atoms with Crippen molar-refractivity contribution < 1.29 is 9.53 Å². The van der Waals surface area contributed by atoms with E-state index < -0.39 is 5.91 Å². The fourth-order valence-corrected chi connectivity index (χ4v) is 1.75. The number of halogens is 2. The van der Waals surface area contributed by atoms with Gasteiger partial charge in [0.05, 0.1) is 11.2 Å². The molecule has 1 aromatic heterocycles. The zero-order valence-electron chi connectivity index (χ0n) is 10.8. The number of nitrogens with one attached hydrogen (secondary N) is 1. The number of hydrogen-bond donors (Lipinski definition) is 1. The number of hydrogen-bond acceptors (Lipinski definition) is 4. The molecule has 5 nitrogen and oxygen atoms in total. The highest BCUT2D eigenvalue weighted by Gasteiger charge is 2.07. The summed E-state index contributed by atoms with van der Waals surface area (Å²) >= 11 is 11.8. The predicted molar refractivity (Wildman–Crippen MR) is 81.9 cm³/mol. The van der Waals surface area contributed by atoms with Crippen molar-refractivity contribution in [3.63, 3.8) is 0 Å². The molecule has 0 atom stereocenters. The lowest BCUT2D eigenvalue weighted by Crippen LogP contribution is -2.24. The van der Waals surface area contributed by atoms with Gasteiger partial charge in [-0.15, -0.1) is 0 Å². The molecule has 0 bridgehead atoms. The molecule has 0 fully saturated rings. The molecule has 0 unspecified atom stereocenters. The fraction of sp³-hybridized carbons (Fsp3) is 0.0714. The molecular weight excluding hydrogens is 313 g/mol. The number of amides is 1. The average molecular weight is 324 g/mol. The number of aromatic nitrogens is 1. The second-order valence-electron chi connectivity index (χ2n) is 3.92. The van der Waals surface area contributed by atoms with Gasteiger partial charge in [-0.05, 0) is 18.2 Å². The molecule has 1 N–H and O–H groups in total. The monoisotopic (exact) mass is 323 g/mol. The Morgan fingerprint density at radius 2 is 2.19 bits per heavy atom. The third kappa shape index (κ3) is 4.73. The highest BCUT2D eigenvalue weighted by Crippen LogP contribution is 2.31. The summed E-state index contributed by atoms with van der Waals surface area (Å²) in [6.07, 6.45) is 4.76. The average Bonchev–Trinajstić information content (AvgIpc) is 2.50. The van der Waals surface area contributed by atoms with Gasteiger partial charge in [-0.2, -0.15) is 5.10 Å². The van der Waals surface area contributed by atoms with Gasteiger partial charge in [0.2, 0.25) is 0 Å². The SMILES string of the molecule is O=C(COc1cccc(Cl)c1Cl)N/N=C/c1cccnc1. The lowest BCUT2D eigenvalue weighted by Gasteiger charge is -2.07. The van der Waals surface area contributed by atoms with Gasteiger partial charge in [0.25, 0.3) is 5.91 Å². The Hall–Kier alpha value is -2.11. The number of nitrogens with zero attached hydrogens (tertiary/aromatic N) is 2. The summed E-state index contributed by atoms with van der Waals surface area (Å²) in [5.41, 5.74) is 3.11. The fourth-order valence-electron chi connectivity index (χ4n) is 1.40. The van der Waals surface area contributed by atoms with E-state index in [2.05, 4.69) is 15.5 Å². The summed E-state index contributed by atoms with van der Waals surface area (Å²) < 4.78 is 5.27. The third-order valence-electron chi connectivity index (χ3n) is 2.36. The molecular formula is C14H11Cl2N3O2. The van der Waals surface area contributed by atoms with Gasteiger partial charge in [-0.25, -0.2) is 5.43 Å². The van der Waals surface area contributed by atoms with Gasteiger partial charge < -0.3 is 4.74 Å². The van der Waals surface area contributed by atoms with Crippen molar-refractivity contribution in [2.75, 3.05) is 6.61 Å². The van der Waals surface area contributed by atoms with Crippen LogP contribution in [0.15, 0.2) is 47.8 Å². The zero-order chi connectivity index (χ0) is 15.1. The number of rotatable bonds is 5. The van der Waals surface area contributed by atoms with Crippen LogP contribution >= 0.6 is 23.2 Å². The van der Waals surface area contributed by atoms with Crippen LogP contribution < -0.4 is 10.2 Å². The van der Waals surface area contributed by atoms with E-state index in [0.717, 1.165) is 5.56 Å². The van der Waals surface area contributed by atoms with Gasteiger partial charge >= 0.3 is 0 Å². The van der Waals surface area contributed by atoms with Gasteiger partial charge in [0, 0.05) is 18.0 Å². The van der Waals surface area contributed by atoms with Crippen LogP contribution in [0.5, 0.6) is 5.75 Å². The first kappa shape index (κ1) is 15.3. The Labute approximate surface area is 131 Å². The largest absolute Gasteiger partial charge is 0.482 e. The van der Waals surface area contributed by atoms with Crippen LogP contribution in [0.2, 0.25) is 10.0 Å². The van der Waals surface area contributed by atoms with E-state index >= 15 is 0 Å². The van der Waals surface area contributed by atoms with E-state index in [1.54, 1.807) is 36.7 Å². The highest BCUT2D eigenvalue weighted by atomic mass is 35.5. The number of benzene rings is 1.